The van der Waals surface area contributed by atoms with Gasteiger partial charge < -0.3 is 14.1 Å². The van der Waals surface area contributed by atoms with Crippen molar-refractivity contribution in [3.63, 3.8) is 0 Å². The second kappa shape index (κ2) is 8.14. The van der Waals surface area contributed by atoms with E-state index in [1.165, 1.54) is 7.11 Å². The van der Waals surface area contributed by atoms with Gasteiger partial charge in [0, 0.05) is 38.3 Å². The van der Waals surface area contributed by atoms with Crippen molar-refractivity contribution in [2.24, 2.45) is 0 Å². The van der Waals surface area contributed by atoms with Gasteiger partial charge in [-0.25, -0.2) is 0 Å². The van der Waals surface area contributed by atoms with Gasteiger partial charge in [0.2, 0.25) is 17.7 Å². The highest BCUT2D eigenvalue weighted by Gasteiger charge is 2.22. The molecule has 0 aliphatic carbocycles. The molecule has 7 nitrogen and oxygen atoms in total. The molecule has 1 aromatic carbocycles. The van der Waals surface area contributed by atoms with E-state index in [-0.39, 0.29) is 12.5 Å². The van der Waals surface area contributed by atoms with Gasteiger partial charge in [-0.1, -0.05) is 23.2 Å². The van der Waals surface area contributed by atoms with Crippen molar-refractivity contribution in [1.29, 1.82) is 0 Å². The molecule has 25 heavy (non-hydrogen) atoms. The fourth-order valence-electron chi connectivity index (χ4n) is 2.65. The second-order valence-electron chi connectivity index (χ2n) is 5.72. The Morgan fingerprint density at radius 1 is 1.24 bits per heavy atom. The van der Waals surface area contributed by atoms with Gasteiger partial charge in [0.25, 0.3) is 0 Å². The van der Waals surface area contributed by atoms with E-state index in [0.29, 0.717) is 47.0 Å². The molecular formula is C16H18Cl2N4O3. The summed E-state index contributed by atoms with van der Waals surface area (Å²) in [7, 11) is 1.52. The van der Waals surface area contributed by atoms with Crippen molar-refractivity contribution in [3.05, 3.63) is 34.1 Å². The predicted molar refractivity (Wildman–Crippen MR) is 93.5 cm³/mol. The highest BCUT2D eigenvalue weighted by atomic mass is 35.5. The Morgan fingerprint density at radius 3 is 2.68 bits per heavy atom. The molecule has 0 bridgehead atoms. The van der Waals surface area contributed by atoms with E-state index in [4.69, 9.17) is 32.4 Å². The molecule has 1 aromatic heterocycles. The number of halogens is 2. The Kier molecular flexibility index (Phi) is 5.90. The molecule has 1 aliphatic rings. The summed E-state index contributed by atoms with van der Waals surface area (Å²) in [5.41, 5.74) is 0.653. The van der Waals surface area contributed by atoms with Crippen LogP contribution in [0, 0.1) is 0 Å². The molecule has 2 heterocycles. The predicted octanol–water partition coefficient (Wildman–Crippen LogP) is 2.33. The lowest BCUT2D eigenvalue weighted by atomic mass is 10.2. The van der Waals surface area contributed by atoms with Crippen molar-refractivity contribution in [3.8, 4) is 11.5 Å². The minimum atomic E-state index is 0.0135. The fourth-order valence-corrected chi connectivity index (χ4v) is 3.14. The maximum absolute atomic E-state index is 11.8. The molecule has 0 radical (unpaired) electrons. The minimum absolute atomic E-state index is 0.0135. The number of piperazine rings is 1. The molecule has 2 aromatic rings. The molecule has 1 amide bonds. The number of rotatable bonds is 5. The first-order valence-electron chi connectivity index (χ1n) is 7.83. The van der Waals surface area contributed by atoms with Gasteiger partial charge in [0.05, 0.1) is 17.1 Å². The van der Waals surface area contributed by atoms with Crippen LogP contribution in [0.4, 0.5) is 0 Å². The second-order valence-corrected chi connectivity index (χ2v) is 6.56. The van der Waals surface area contributed by atoms with Gasteiger partial charge in [-0.05, 0) is 18.2 Å². The van der Waals surface area contributed by atoms with Crippen LogP contribution in [-0.4, -0.2) is 65.8 Å². The Bertz CT molecular complexity index is 745. The summed E-state index contributed by atoms with van der Waals surface area (Å²) in [6.45, 7) is 3.46. The average Bonchev–Trinajstić information content (AvgIpc) is 3.04. The molecular weight excluding hydrogens is 367 g/mol. The third kappa shape index (κ3) is 4.49. The van der Waals surface area contributed by atoms with E-state index in [2.05, 4.69) is 15.1 Å². The van der Waals surface area contributed by atoms with Crippen LogP contribution >= 0.6 is 23.2 Å². The van der Waals surface area contributed by atoms with Crippen molar-refractivity contribution in [2.45, 2.75) is 6.54 Å². The third-order valence-electron chi connectivity index (χ3n) is 3.98. The van der Waals surface area contributed by atoms with Crippen LogP contribution in [0.5, 0.6) is 0 Å². The van der Waals surface area contributed by atoms with E-state index >= 15 is 0 Å². The summed E-state index contributed by atoms with van der Waals surface area (Å²) in [5.74, 6) is 0.892. The number of hydrogen-bond acceptors (Lipinski definition) is 6. The third-order valence-corrected chi connectivity index (χ3v) is 4.53. The monoisotopic (exact) mass is 384 g/mol. The Hall–Kier alpha value is -1.67. The van der Waals surface area contributed by atoms with Gasteiger partial charge in [0.15, 0.2) is 0 Å². The maximum atomic E-state index is 11.8. The lowest BCUT2D eigenvalue weighted by Gasteiger charge is -2.33. The first-order valence-corrected chi connectivity index (χ1v) is 8.59. The summed E-state index contributed by atoms with van der Waals surface area (Å²) >= 11 is 12.1. The number of aromatic nitrogens is 2. The highest BCUT2D eigenvalue weighted by Crippen LogP contribution is 2.29. The molecule has 1 saturated heterocycles. The quantitative estimate of drug-likeness (QED) is 0.787. The molecule has 1 aliphatic heterocycles. The number of methoxy groups -OCH3 is 1. The van der Waals surface area contributed by atoms with Crippen LogP contribution in [0.3, 0.4) is 0 Å². The summed E-state index contributed by atoms with van der Waals surface area (Å²) in [6.07, 6.45) is 0. The largest absolute Gasteiger partial charge is 0.419 e. The Labute approximate surface area is 155 Å². The van der Waals surface area contributed by atoms with Gasteiger partial charge in [-0.2, -0.15) is 0 Å². The molecule has 9 heteroatoms. The molecule has 1 fully saturated rings. The number of carbonyl (C=O) groups is 1. The number of nitrogens with zero attached hydrogens (tertiary/aromatic N) is 4. The van der Waals surface area contributed by atoms with E-state index in [0.717, 1.165) is 13.1 Å². The number of benzene rings is 1. The van der Waals surface area contributed by atoms with Crippen molar-refractivity contribution in [2.75, 3.05) is 39.9 Å². The van der Waals surface area contributed by atoms with Crippen LogP contribution in [0.15, 0.2) is 22.6 Å². The summed E-state index contributed by atoms with van der Waals surface area (Å²) in [4.78, 5) is 15.8. The summed E-state index contributed by atoms with van der Waals surface area (Å²) in [5, 5.41) is 9.16. The van der Waals surface area contributed by atoms with Gasteiger partial charge in [0.1, 0.15) is 6.61 Å². The molecule has 0 unspecified atom stereocenters. The van der Waals surface area contributed by atoms with Crippen LogP contribution < -0.4 is 0 Å². The standard InChI is InChI=1S/C16H18Cl2N4O3/c1-24-10-15(23)22-6-4-21(5-7-22)9-14-19-20-16(25-14)12-3-2-11(17)8-13(12)18/h2-3,8H,4-7,9-10H2,1H3. The normalized spacial score (nSPS) is 15.6. The Balaban J connectivity index is 1.58. The van der Waals surface area contributed by atoms with E-state index in [9.17, 15) is 4.79 Å². The SMILES string of the molecule is COCC(=O)N1CCN(Cc2nnc(-c3ccc(Cl)cc3Cl)o2)CC1. The Morgan fingerprint density at radius 2 is 2.00 bits per heavy atom. The number of amides is 1. The minimum Gasteiger partial charge on any atom is -0.419 e. The van der Waals surface area contributed by atoms with Gasteiger partial charge in [-0.15, -0.1) is 10.2 Å². The van der Waals surface area contributed by atoms with Gasteiger partial charge >= 0.3 is 0 Å². The lowest BCUT2D eigenvalue weighted by molar-refractivity contribution is -0.137. The topological polar surface area (TPSA) is 71.7 Å². The summed E-state index contributed by atoms with van der Waals surface area (Å²) < 4.78 is 10.6. The van der Waals surface area contributed by atoms with Crippen molar-refractivity contribution in [1.82, 2.24) is 20.0 Å². The van der Waals surface area contributed by atoms with Crippen LogP contribution in [0.2, 0.25) is 10.0 Å². The zero-order chi connectivity index (χ0) is 17.8. The lowest BCUT2D eigenvalue weighted by Crippen LogP contribution is -2.49. The first kappa shape index (κ1) is 18.1. The zero-order valence-electron chi connectivity index (χ0n) is 13.7. The fraction of sp³-hybridized carbons (Fsp3) is 0.438. The number of hydrogen-bond donors (Lipinski definition) is 0. The van der Waals surface area contributed by atoms with Crippen molar-refractivity contribution < 1.29 is 13.9 Å². The van der Waals surface area contributed by atoms with Crippen molar-refractivity contribution >= 4 is 29.1 Å². The first-order chi connectivity index (χ1) is 12.1. The molecule has 0 N–H and O–H groups in total. The zero-order valence-corrected chi connectivity index (χ0v) is 15.3. The van der Waals surface area contributed by atoms with E-state index in [1.54, 1.807) is 23.1 Å². The molecule has 0 saturated carbocycles. The highest BCUT2D eigenvalue weighted by molar-refractivity contribution is 6.36. The summed E-state index contributed by atoms with van der Waals surface area (Å²) in [6, 6.07) is 5.11. The molecule has 3 rings (SSSR count). The van der Waals surface area contributed by atoms with E-state index in [1.807, 2.05) is 0 Å². The van der Waals surface area contributed by atoms with Crippen LogP contribution in [0.25, 0.3) is 11.5 Å². The van der Waals surface area contributed by atoms with Crippen LogP contribution in [-0.2, 0) is 16.1 Å². The average molecular weight is 385 g/mol. The van der Waals surface area contributed by atoms with Crippen LogP contribution in [0.1, 0.15) is 5.89 Å². The van der Waals surface area contributed by atoms with E-state index < -0.39 is 0 Å². The van der Waals surface area contributed by atoms with Gasteiger partial charge in [-0.3, -0.25) is 9.69 Å². The molecule has 0 atom stereocenters. The number of ether oxygens (including phenoxy) is 1. The smallest absolute Gasteiger partial charge is 0.249 e. The molecule has 0 spiro atoms. The molecule has 134 valence electrons. The number of carbonyl (C=O) groups excluding carboxylic acids is 1. The maximum Gasteiger partial charge on any atom is 0.249 e.